The van der Waals surface area contributed by atoms with Gasteiger partial charge in [0.2, 0.25) is 21.8 Å². The van der Waals surface area contributed by atoms with Crippen LogP contribution in [0, 0.1) is 11.7 Å². The number of benzene rings is 2. The summed E-state index contributed by atoms with van der Waals surface area (Å²) in [4.78, 5) is 27.6. The molecule has 1 heterocycles. The molecule has 2 aromatic rings. The van der Waals surface area contributed by atoms with Crippen molar-refractivity contribution in [3.05, 3.63) is 53.8 Å². The molecular formula is C25H32FN3O6S. The number of carbonyl (C=O) groups is 2. The first-order valence-electron chi connectivity index (χ1n) is 11.6. The lowest BCUT2D eigenvalue weighted by Crippen LogP contribution is -2.51. The van der Waals surface area contributed by atoms with Crippen molar-refractivity contribution in [1.82, 2.24) is 10.2 Å². The first-order valence-corrected chi connectivity index (χ1v) is 13.5. The van der Waals surface area contributed by atoms with Crippen LogP contribution in [0.1, 0.15) is 26.3 Å². The summed E-state index contributed by atoms with van der Waals surface area (Å²) in [5.74, 6) is -0.321. The van der Waals surface area contributed by atoms with Gasteiger partial charge in [-0.15, -0.1) is 0 Å². The molecule has 0 aliphatic carbocycles. The van der Waals surface area contributed by atoms with Crippen molar-refractivity contribution in [3.63, 3.8) is 0 Å². The first kappa shape index (κ1) is 27.3. The van der Waals surface area contributed by atoms with E-state index in [9.17, 15) is 22.4 Å². The maximum atomic E-state index is 13.5. The Hall–Kier alpha value is -3.34. The number of fused-ring (bicyclic) bond motifs is 1. The molecule has 3 rings (SSSR count). The van der Waals surface area contributed by atoms with Crippen LogP contribution in [0.2, 0.25) is 0 Å². The maximum absolute atomic E-state index is 13.5. The number of anilines is 1. The van der Waals surface area contributed by atoms with E-state index in [1.54, 1.807) is 13.0 Å². The van der Waals surface area contributed by atoms with Gasteiger partial charge in [-0.05, 0) is 42.7 Å². The molecule has 0 saturated carbocycles. The number of hydrogen-bond acceptors (Lipinski definition) is 6. The predicted molar refractivity (Wildman–Crippen MR) is 134 cm³/mol. The van der Waals surface area contributed by atoms with E-state index < -0.39 is 34.3 Å². The Balaban J connectivity index is 1.89. The Bertz CT molecular complexity index is 1190. The third kappa shape index (κ3) is 7.09. The second-order valence-corrected chi connectivity index (χ2v) is 11.0. The topological polar surface area (TPSA) is 105 Å². The van der Waals surface area contributed by atoms with E-state index >= 15 is 0 Å². The van der Waals surface area contributed by atoms with Crippen molar-refractivity contribution < 1.29 is 31.9 Å². The van der Waals surface area contributed by atoms with Gasteiger partial charge in [0.1, 0.15) is 31.6 Å². The molecule has 2 aromatic carbocycles. The fourth-order valence-corrected chi connectivity index (χ4v) is 4.46. The van der Waals surface area contributed by atoms with Crippen molar-refractivity contribution in [2.24, 2.45) is 5.92 Å². The Morgan fingerprint density at radius 3 is 2.28 bits per heavy atom. The second-order valence-electron chi connectivity index (χ2n) is 9.06. The van der Waals surface area contributed by atoms with Crippen LogP contribution >= 0.6 is 0 Å². The Kier molecular flexibility index (Phi) is 8.78. The van der Waals surface area contributed by atoms with Gasteiger partial charge in [0.05, 0.1) is 11.9 Å². The molecule has 0 spiro atoms. The van der Waals surface area contributed by atoms with Crippen molar-refractivity contribution in [2.75, 3.05) is 36.9 Å². The van der Waals surface area contributed by atoms with Crippen LogP contribution in [0.3, 0.4) is 0 Å². The van der Waals surface area contributed by atoms with E-state index in [0.717, 1.165) is 10.6 Å². The summed E-state index contributed by atoms with van der Waals surface area (Å²) in [7, 11) is -3.88. The van der Waals surface area contributed by atoms with Crippen LogP contribution < -0.4 is 19.1 Å². The number of ether oxygens (including phenoxy) is 2. The van der Waals surface area contributed by atoms with Crippen molar-refractivity contribution in [3.8, 4) is 11.5 Å². The Morgan fingerprint density at radius 1 is 1.03 bits per heavy atom. The molecule has 36 heavy (non-hydrogen) atoms. The minimum atomic E-state index is -3.88. The molecule has 2 amide bonds. The van der Waals surface area contributed by atoms with Crippen molar-refractivity contribution in [1.29, 1.82) is 0 Å². The van der Waals surface area contributed by atoms with Crippen LogP contribution in [0.4, 0.5) is 10.1 Å². The Labute approximate surface area is 211 Å². The average molecular weight is 522 g/mol. The predicted octanol–water partition coefficient (Wildman–Crippen LogP) is 2.55. The van der Waals surface area contributed by atoms with Crippen LogP contribution in [0.25, 0.3) is 0 Å². The van der Waals surface area contributed by atoms with Gasteiger partial charge < -0.3 is 19.7 Å². The van der Waals surface area contributed by atoms with E-state index in [2.05, 4.69) is 5.32 Å². The van der Waals surface area contributed by atoms with E-state index in [1.807, 2.05) is 13.8 Å². The second kappa shape index (κ2) is 11.6. The third-order valence-electron chi connectivity index (χ3n) is 5.61. The van der Waals surface area contributed by atoms with E-state index in [-0.39, 0.29) is 24.1 Å². The van der Waals surface area contributed by atoms with Crippen LogP contribution in [0.5, 0.6) is 11.5 Å². The zero-order valence-electron chi connectivity index (χ0n) is 20.9. The lowest BCUT2D eigenvalue weighted by atomic mass is 10.1. The molecule has 9 nitrogen and oxygen atoms in total. The molecule has 1 aliphatic heterocycles. The molecule has 0 saturated heterocycles. The SMILES string of the molecule is CC(C)CNC(=O)[C@@H](C)N(Cc1ccc(F)cc1)C(=O)CN(c1ccc2c(c1)OCCO2)S(C)(=O)=O. The molecule has 0 bridgehead atoms. The molecule has 1 aliphatic rings. The number of amides is 2. The van der Waals surface area contributed by atoms with Gasteiger partial charge in [0.15, 0.2) is 11.5 Å². The van der Waals surface area contributed by atoms with Crippen molar-refractivity contribution in [2.45, 2.75) is 33.4 Å². The summed E-state index contributed by atoms with van der Waals surface area (Å²) in [6, 6.07) is 9.29. The fourth-order valence-electron chi connectivity index (χ4n) is 3.62. The highest BCUT2D eigenvalue weighted by atomic mass is 32.2. The van der Waals surface area contributed by atoms with Gasteiger partial charge in [0.25, 0.3) is 0 Å². The molecule has 1 N–H and O–H groups in total. The van der Waals surface area contributed by atoms with Gasteiger partial charge in [-0.1, -0.05) is 26.0 Å². The summed E-state index contributed by atoms with van der Waals surface area (Å²) in [5.41, 5.74) is 0.826. The number of hydrogen-bond donors (Lipinski definition) is 1. The van der Waals surface area contributed by atoms with Gasteiger partial charge in [-0.2, -0.15) is 0 Å². The number of rotatable bonds is 10. The van der Waals surface area contributed by atoms with E-state index in [4.69, 9.17) is 9.47 Å². The summed E-state index contributed by atoms with van der Waals surface area (Å²) in [6.45, 7) is 6.06. The lowest BCUT2D eigenvalue weighted by Gasteiger charge is -2.32. The maximum Gasteiger partial charge on any atom is 0.244 e. The largest absolute Gasteiger partial charge is 0.486 e. The summed E-state index contributed by atoms with van der Waals surface area (Å²) < 4.78 is 50.8. The molecule has 0 unspecified atom stereocenters. The zero-order chi connectivity index (χ0) is 26.5. The lowest BCUT2D eigenvalue weighted by molar-refractivity contribution is -0.139. The monoisotopic (exact) mass is 521 g/mol. The summed E-state index contributed by atoms with van der Waals surface area (Å²) >= 11 is 0. The molecular weight excluding hydrogens is 489 g/mol. The van der Waals surface area contributed by atoms with Crippen LogP contribution in [0.15, 0.2) is 42.5 Å². The van der Waals surface area contributed by atoms with Gasteiger partial charge in [-0.25, -0.2) is 12.8 Å². The third-order valence-corrected chi connectivity index (χ3v) is 6.75. The fraction of sp³-hybridized carbons (Fsp3) is 0.440. The number of sulfonamides is 1. The van der Waals surface area contributed by atoms with Crippen molar-refractivity contribution >= 4 is 27.5 Å². The summed E-state index contributed by atoms with van der Waals surface area (Å²) in [5, 5.41) is 2.81. The number of nitrogens with one attached hydrogen (secondary N) is 1. The van der Waals surface area contributed by atoms with Gasteiger partial charge in [-0.3, -0.25) is 13.9 Å². The highest BCUT2D eigenvalue weighted by Gasteiger charge is 2.30. The number of carbonyl (C=O) groups excluding carboxylic acids is 2. The quantitative estimate of drug-likeness (QED) is 0.515. The average Bonchev–Trinajstić information content (AvgIpc) is 2.83. The molecule has 0 aromatic heterocycles. The standard InChI is InChI=1S/C25H32FN3O6S/c1-17(2)14-27-25(31)18(3)28(15-19-5-7-20(26)8-6-19)24(30)16-29(36(4,32)33)21-9-10-22-23(13-21)35-12-11-34-22/h5-10,13,17-18H,11-12,14-16H2,1-4H3,(H,27,31)/t18-/m1/s1. The molecule has 1 atom stereocenters. The normalized spacial score (nSPS) is 13.7. The molecule has 196 valence electrons. The minimum Gasteiger partial charge on any atom is -0.486 e. The highest BCUT2D eigenvalue weighted by molar-refractivity contribution is 7.92. The Morgan fingerprint density at radius 2 is 1.67 bits per heavy atom. The minimum absolute atomic E-state index is 0.00583. The molecule has 0 radical (unpaired) electrons. The smallest absolute Gasteiger partial charge is 0.244 e. The van der Waals surface area contributed by atoms with Gasteiger partial charge in [0, 0.05) is 19.2 Å². The first-order chi connectivity index (χ1) is 17.0. The van der Waals surface area contributed by atoms with Crippen LogP contribution in [-0.2, 0) is 26.2 Å². The van der Waals surface area contributed by atoms with Crippen LogP contribution in [-0.4, -0.2) is 63.7 Å². The molecule has 0 fully saturated rings. The number of halogens is 1. The molecule has 11 heteroatoms. The van der Waals surface area contributed by atoms with E-state index in [1.165, 1.54) is 41.3 Å². The number of nitrogens with zero attached hydrogens (tertiary/aromatic N) is 2. The summed E-state index contributed by atoms with van der Waals surface area (Å²) in [6.07, 6.45) is 1.00. The van der Waals surface area contributed by atoms with E-state index in [0.29, 0.717) is 36.8 Å². The highest BCUT2D eigenvalue weighted by Crippen LogP contribution is 2.34. The zero-order valence-corrected chi connectivity index (χ0v) is 21.7. The van der Waals surface area contributed by atoms with Gasteiger partial charge >= 0.3 is 0 Å².